The highest BCUT2D eigenvalue weighted by Gasteiger charge is 2.26. The molecule has 0 aromatic carbocycles. The van der Waals surface area contributed by atoms with Crippen LogP contribution in [-0.2, 0) is 4.74 Å². The van der Waals surface area contributed by atoms with Crippen molar-refractivity contribution in [1.82, 2.24) is 0 Å². The van der Waals surface area contributed by atoms with E-state index in [1.54, 1.807) is 0 Å². The highest BCUT2D eigenvalue weighted by atomic mass is 28.1. The van der Waals surface area contributed by atoms with E-state index in [9.17, 15) is 0 Å². The Labute approximate surface area is 156 Å². The number of hydrogen-bond acceptors (Lipinski definition) is 1. The first-order valence-corrected chi connectivity index (χ1v) is 12.4. The topological polar surface area (TPSA) is 9.23 Å². The Morgan fingerprint density at radius 3 is 1.54 bits per heavy atom. The van der Waals surface area contributed by atoms with E-state index in [0.717, 1.165) is 6.61 Å². The molecular weight excluding hydrogens is 308 g/mol. The van der Waals surface area contributed by atoms with E-state index in [2.05, 4.69) is 6.92 Å². The second-order valence-electron chi connectivity index (χ2n) is 8.46. The van der Waals surface area contributed by atoms with Gasteiger partial charge < -0.3 is 4.74 Å². The van der Waals surface area contributed by atoms with Crippen LogP contribution in [0.2, 0.25) is 0 Å². The Balaban J connectivity index is 1.73. The molecule has 1 aliphatic heterocycles. The van der Waals surface area contributed by atoms with Crippen molar-refractivity contribution in [3.63, 3.8) is 0 Å². The Kier molecular flexibility index (Phi) is 14.3. The van der Waals surface area contributed by atoms with Crippen molar-refractivity contribution in [2.24, 2.45) is 0 Å². The lowest BCUT2D eigenvalue weighted by molar-refractivity contribution is -0.0240. The molecule has 0 aromatic rings. The molecule has 0 aromatic heterocycles. The largest absolute Gasteiger partial charge is 0.380 e. The summed E-state index contributed by atoms with van der Waals surface area (Å²) in [4.78, 5) is 0. The average Bonchev–Trinajstić information content (AvgIpc) is 2.59. The van der Waals surface area contributed by atoms with Gasteiger partial charge in [-0.2, -0.15) is 0 Å². The maximum atomic E-state index is 6.05. The van der Waals surface area contributed by atoms with Crippen molar-refractivity contribution in [2.75, 3.05) is 6.61 Å². The van der Waals surface area contributed by atoms with Crippen LogP contribution in [-0.4, -0.2) is 22.1 Å². The van der Waals surface area contributed by atoms with Gasteiger partial charge in [0.2, 0.25) is 0 Å². The number of rotatable bonds is 16. The van der Waals surface area contributed by atoms with Crippen LogP contribution < -0.4 is 0 Å². The first-order valence-electron chi connectivity index (χ1n) is 11.4. The highest BCUT2D eigenvalue weighted by molar-refractivity contribution is 6.14. The molecule has 0 radical (unpaired) electrons. The third-order valence-electron chi connectivity index (χ3n) is 5.86. The minimum absolute atomic E-state index is 0.356. The quantitative estimate of drug-likeness (QED) is 0.227. The molecule has 1 rings (SSSR count). The molecule has 0 N–H and O–H groups in total. The Morgan fingerprint density at radius 1 is 0.667 bits per heavy atom. The van der Waals surface area contributed by atoms with Gasteiger partial charge in [0.1, 0.15) is 0 Å². The molecule has 24 heavy (non-hydrogen) atoms. The molecule has 144 valence electrons. The van der Waals surface area contributed by atoms with Crippen molar-refractivity contribution in [2.45, 2.75) is 134 Å². The molecule has 0 amide bonds. The predicted molar refractivity (Wildman–Crippen MR) is 112 cm³/mol. The van der Waals surface area contributed by atoms with Crippen molar-refractivity contribution in [1.29, 1.82) is 0 Å². The molecule has 2 heteroatoms. The lowest BCUT2D eigenvalue weighted by atomic mass is 10.0. The van der Waals surface area contributed by atoms with Crippen molar-refractivity contribution in [3.05, 3.63) is 0 Å². The molecule has 1 aliphatic rings. The zero-order valence-corrected chi connectivity index (χ0v) is 19.1. The lowest BCUT2D eigenvalue weighted by Crippen LogP contribution is -2.36. The monoisotopic (exact) mass is 354 g/mol. The van der Waals surface area contributed by atoms with E-state index >= 15 is 0 Å². The fraction of sp³-hybridized carbons (Fsp3) is 1.00. The van der Waals surface area contributed by atoms with Gasteiger partial charge >= 0.3 is 0 Å². The van der Waals surface area contributed by atoms with Gasteiger partial charge in [0.15, 0.2) is 0 Å². The number of hydrogen-bond donors (Lipinski definition) is 0. The van der Waals surface area contributed by atoms with Crippen LogP contribution in [0.15, 0.2) is 0 Å². The molecule has 1 saturated heterocycles. The number of unbranched alkanes of at least 4 members (excludes halogenated alkanes) is 14. The molecule has 0 saturated carbocycles. The molecule has 0 bridgehead atoms. The summed E-state index contributed by atoms with van der Waals surface area (Å²) in [7, 11) is 1.23. The van der Waals surface area contributed by atoms with Gasteiger partial charge in [-0.3, -0.25) is 0 Å². The number of ether oxygens (including phenoxy) is 1. The van der Waals surface area contributed by atoms with Crippen LogP contribution in [0.4, 0.5) is 0 Å². The second kappa shape index (κ2) is 15.4. The van der Waals surface area contributed by atoms with Crippen LogP contribution in [0.25, 0.3) is 0 Å². The van der Waals surface area contributed by atoms with Crippen molar-refractivity contribution < 1.29 is 4.74 Å². The summed E-state index contributed by atoms with van der Waals surface area (Å²) < 4.78 is 6.05. The fourth-order valence-electron chi connectivity index (χ4n) is 4.06. The van der Waals surface area contributed by atoms with Gasteiger partial charge in [-0.05, 0) is 25.7 Å². The normalized spacial score (nSPS) is 21.4. The van der Waals surface area contributed by atoms with Gasteiger partial charge in [0.05, 0.1) is 0 Å². The summed E-state index contributed by atoms with van der Waals surface area (Å²) in [6.45, 7) is 3.33. The van der Waals surface area contributed by atoms with Crippen molar-refractivity contribution in [3.8, 4) is 0 Å². The predicted octanol–water partition coefficient (Wildman–Crippen LogP) is 6.51. The maximum absolute atomic E-state index is 6.05. The van der Waals surface area contributed by atoms with Crippen LogP contribution in [0.5, 0.6) is 0 Å². The molecule has 1 unspecified atom stereocenters. The van der Waals surface area contributed by atoms with Gasteiger partial charge in [-0.25, -0.2) is 0 Å². The third kappa shape index (κ3) is 12.5. The first kappa shape index (κ1) is 22.2. The molecule has 1 atom stereocenters. The molecule has 1 heterocycles. The first-order chi connectivity index (χ1) is 11.8. The van der Waals surface area contributed by atoms with E-state index in [-0.39, 0.29) is 0 Å². The zero-order chi connectivity index (χ0) is 17.3. The van der Waals surface area contributed by atoms with E-state index in [0.29, 0.717) is 5.22 Å². The Morgan fingerprint density at radius 2 is 1.12 bits per heavy atom. The standard InChI is InChI=1S/C22H46OSi/c1-2-3-4-5-6-7-8-9-10-11-12-13-14-15-16-19-22(24)20-17-18-21-23-22/h2-21H2,1,24H3. The van der Waals surface area contributed by atoms with E-state index in [1.165, 1.54) is 132 Å². The van der Waals surface area contributed by atoms with E-state index in [1.807, 2.05) is 0 Å². The molecule has 1 nitrogen and oxygen atoms in total. The second-order valence-corrected chi connectivity index (χ2v) is 10.3. The lowest BCUT2D eigenvalue weighted by Gasteiger charge is -2.34. The van der Waals surface area contributed by atoms with Crippen LogP contribution in [0, 0.1) is 0 Å². The summed E-state index contributed by atoms with van der Waals surface area (Å²) in [6.07, 6.45) is 27.2. The summed E-state index contributed by atoms with van der Waals surface area (Å²) in [5.41, 5.74) is 0. The smallest absolute Gasteiger partial charge is 0.0486 e. The van der Waals surface area contributed by atoms with Crippen LogP contribution in [0.3, 0.4) is 0 Å². The summed E-state index contributed by atoms with van der Waals surface area (Å²) >= 11 is 0. The van der Waals surface area contributed by atoms with Crippen molar-refractivity contribution >= 4 is 10.2 Å². The van der Waals surface area contributed by atoms with Gasteiger partial charge in [0.25, 0.3) is 0 Å². The fourth-order valence-corrected chi connectivity index (χ4v) is 4.97. The van der Waals surface area contributed by atoms with Gasteiger partial charge in [-0.1, -0.05) is 103 Å². The Hall–Kier alpha value is 0.177. The van der Waals surface area contributed by atoms with Gasteiger partial charge in [-0.15, -0.1) is 0 Å². The summed E-state index contributed by atoms with van der Waals surface area (Å²) in [5.74, 6) is 0. The molecule has 0 aliphatic carbocycles. The SMILES string of the molecule is CCCCCCCCCCCCCCCCCC1([SiH3])CCCCO1. The van der Waals surface area contributed by atoms with Crippen LogP contribution in [0.1, 0.15) is 129 Å². The zero-order valence-electron chi connectivity index (χ0n) is 17.1. The maximum Gasteiger partial charge on any atom is 0.0486 e. The molecule has 1 fully saturated rings. The Bertz CT molecular complexity index is 261. The van der Waals surface area contributed by atoms with Gasteiger partial charge in [0, 0.05) is 22.1 Å². The average molecular weight is 355 g/mol. The molecular formula is C22H46OSi. The highest BCUT2D eigenvalue weighted by Crippen LogP contribution is 2.27. The summed E-state index contributed by atoms with van der Waals surface area (Å²) in [6, 6.07) is 0. The third-order valence-corrected chi connectivity index (χ3v) is 7.15. The van der Waals surface area contributed by atoms with E-state index < -0.39 is 0 Å². The van der Waals surface area contributed by atoms with Crippen LogP contribution >= 0.6 is 0 Å². The minimum Gasteiger partial charge on any atom is -0.380 e. The molecule has 0 spiro atoms. The summed E-state index contributed by atoms with van der Waals surface area (Å²) in [5, 5.41) is 0.356. The van der Waals surface area contributed by atoms with E-state index in [4.69, 9.17) is 4.74 Å². The minimum atomic E-state index is 0.356.